The van der Waals surface area contributed by atoms with E-state index in [1.165, 1.54) is 6.26 Å². The van der Waals surface area contributed by atoms with Gasteiger partial charge in [-0.05, 0) is 31.2 Å². The fourth-order valence-electron chi connectivity index (χ4n) is 1.77. The van der Waals surface area contributed by atoms with E-state index in [4.69, 9.17) is 0 Å². The van der Waals surface area contributed by atoms with E-state index in [1.807, 2.05) is 0 Å². The van der Waals surface area contributed by atoms with Gasteiger partial charge in [-0.15, -0.1) is 6.58 Å². The second-order valence-corrected chi connectivity index (χ2v) is 6.90. The SMILES string of the molecule is C=CCNC(=O)c1ccc(NC(C)CS(C)(=O)=O)cc1. The summed E-state index contributed by atoms with van der Waals surface area (Å²) in [6.45, 7) is 5.75. The maximum Gasteiger partial charge on any atom is 0.251 e. The van der Waals surface area contributed by atoms with Gasteiger partial charge in [0.1, 0.15) is 9.84 Å². The minimum atomic E-state index is -3.01. The third-order valence-corrected chi connectivity index (χ3v) is 3.63. The molecule has 0 saturated heterocycles. The highest BCUT2D eigenvalue weighted by Gasteiger charge is 2.10. The second-order valence-electron chi connectivity index (χ2n) is 4.71. The van der Waals surface area contributed by atoms with Gasteiger partial charge < -0.3 is 10.6 Å². The maximum atomic E-state index is 11.7. The van der Waals surface area contributed by atoms with Gasteiger partial charge in [-0.25, -0.2) is 8.42 Å². The number of hydrogen-bond donors (Lipinski definition) is 2. The minimum Gasteiger partial charge on any atom is -0.382 e. The van der Waals surface area contributed by atoms with Crippen LogP contribution in [0, 0.1) is 0 Å². The molecule has 0 aliphatic heterocycles. The van der Waals surface area contributed by atoms with Gasteiger partial charge in [0.25, 0.3) is 5.91 Å². The van der Waals surface area contributed by atoms with Crippen molar-refractivity contribution in [3.05, 3.63) is 42.5 Å². The standard InChI is InChI=1S/C14H20N2O3S/c1-4-9-15-14(17)12-5-7-13(8-6-12)16-11(2)10-20(3,18)19/h4-8,11,16H,1,9-10H2,2-3H3,(H,15,17). The third kappa shape index (κ3) is 5.88. The molecule has 0 saturated carbocycles. The number of anilines is 1. The molecular formula is C14H20N2O3S. The normalized spacial score (nSPS) is 12.5. The summed E-state index contributed by atoms with van der Waals surface area (Å²) in [6.07, 6.45) is 2.82. The Kier molecular flexibility index (Phi) is 5.76. The summed E-state index contributed by atoms with van der Waals surface area (Å²) >= 11 is 0. The molecule has 0 radical (unpaired) electrons. The van der Waals surface area contributed by atoms with Crippen molar-refractivity contribution < 1.29 is 13.2 Å². The lowest BCUT2D eigenvalue weighted by Crippen LogP contribution is -2.25. The van der Waals surface area contributed by atoms with Gasteiger partial charge in [-0.3, -0.25) is 4.79 Å². The second kappa shape index (κ2) is 7.09. The number of sulfone groups is 1. The van der Waals surface area contributed by atoms with Gasteiger partial charge >= 0.3 is 0 Å². The van der Waals surface area contributed by atoms with Crippen LogP contribution < -0.4 is 10.6 Å². The van der Waals surface area contributed by atoms with Crippen LogP contribution in [0.15, 0.2) is 36.9 Å². The molecule has 1 amide bonds. The van der Waals surface area contributed by atoms with Crippen LogP contribution in [0.5, 0.6) is 0 Å². The molecule has 0 heterocycles. The number of carbonyl (C=O) groups is 1. The van der Waals surface area contributed by atoms with E-state index in [2.05, 4.69) is 17.2 Å². The molecule has 1 aromatic carbocycles. The number of nitrogens with one attached hydrogen (secondary N) is 2. The topological polar surface area (TPSA) is 75.3 Å². The van der Waals surface area contributed by atoms with Crippen molar-refractivity contribution in [3.8, 4) is 0 Å². The van der Waals surface area contributed by atoms with Crippen molar-refractivity contribution in [3.63, 3.8) is 0 Å². The first kappa shape index (κ1) is 16.2. The molecule has 1 aromatic rings. The van der Waals surface area contributed by atoms with E-state index in [0.29, 0.717) is 12.1 Å². The highest BCUT2D eigenvalue weighted by molar-refractivity contribution is 7.90. The van der Waals surface area contributed by atoms with Crippen LogP contribution in [0.1, 0.15) is 17.3 Å². The summed E-state index contributed by atoms with van der Waals surface area (Å²) in [7, 11) is -3.01. The molecule has 1 rings (SSSR count). The molecule has 0 aliphatic carbocycles. The van der Waals surface area contributed by atoms with Crippen LogP contribution in [0.3, 0.4) is 0 Å². The monoisotopic (exact) mass is 296 g/mol. The molecule has 110 valence electrons. The molecule has 0 spiro atoms. The van der Waals surface area contributed by atoms with E-state index >= 15 is 0 Å². The van der Waals surface area contributed by atoms with Crippen molar-refractivity contribution in [1.29, 1.82) is 0 Å². The zero-order chi connectivity index (χ0) is 15.2. The number of benzene rings is 1. The summed E-state index contributed by atoms with van der Waals surface area (Å²) in [5.41, 5.74) is 1.33. The van der Waals surface area contributed by atoms with Crippen molar-refractivity contribution in [2.75, 3.05) is 23.9 Å². The van der Waals surface area contributed by atoms with Gasteiger partial charge in [-0.1, -0.05) is 6.08 Å². The Balaban J connectivity index is 2.62. The van der Waals surface area contributed by atoms with Gasteiger partial charge in [0.05, 0.1) is 5.75 Å². The number of carbonyl (C=O) groups excluding carboxylic acids is 1. The first-order valence-corrected chi connectivity index (χ1v) is 8.31. The third-order valence-electron chi connectivity index (χ3n) is 2.52. The lowest BCUT2D eigenvalue weighted by molar-refractivity contribution is 0.0958. The Morgan fingerprint density at radius 2 is 1.95 bits per heavy atom. The lowest BCUT2D eigenvalue weighted by Gasteiger charge is -2.14. The summed E-state index contributed by atoms with van der Waals surface area (Å²) in [6, 6.07) is 6.69. The number of hydrogen-bond acceptors (Lipinski definition) is 4. The quantitative estimate of drug-likeness (QED) is 0.747. The van der Waals surface area contributed by atoms with Crippen molar-refractivity contribution in [2.45, 2.75) is 13.0 Å². The fourth-order valence-corrected chi connectivity index (χ4v) is 2.76. The Bertz CT molecular complexity index is 565. The van der Waals surface area contributed by atoms with Crippen molar-refractivity contribution in [1.82, 2.24) is 5.32 Å². The fraction of sp³-hybridized carbons (Fsp3) is 0.357. The first-order chi connectivity index (χ1) is 9.31. The largest absolute Gasteiger partial charge is 0.382 e. The van der Waals surface area contributed by atoms with Gasteiger partial charge in [-0.2, -0.15) is 0 Å². The molecule has 20 heavy (non-hydrogen) atoms. The Morgan fingerprint density at radius 3 is 2.45 bits per heavy atom. The highest BCUT2D eigenvalue weighted by atomic mass is 32.2. The van der Waals surface area contributed by atoms with Crippen LogP contribution in [0.25, 0.3) is 0 Å². The molecule has 5 nitrogen and oxygen atoms in total. The maximum absolute atomic E-state index is 11.7. The van der Waals surface area contributed by atoms with E-state index in [0.717, 1.165) is 5.69 Å². The minimum absolute atomic E-state index is 0.0641. The Morgan fingerprint density at radius 1 is 1.35 bits per heavy atom. The average molecular weight is 296 g/mol. The van der Waals surface area contributed by atoms with E-state index in [9.17, 15) is 13.2 Å². The van der Waals surface area contributed by atoms with Crippen LogP contribution in [0.2, 0.25) is 0 Å². The molecule has 0 bridgehead atoms. The zero-order valence-electron chi connectivity index (χ0n) is 11.7. The van der Waals surface area contributed by atoms with E-state index in [1.54, 1.807) is 37.3 Å². The van der Waals surface area contributed by atoms with Crippen molar-refractivity contribution in [2.24, 2.45) is 0 Å². The number of amides is 1. The van der Waals surface area contributed by atoms with Crippen molar-refractivity contribution >= 4 is 21.4 Å². The predicted molar refractivity (Wildman–Crippen MR) is 81.8 cm³/mol. The predicted octanol–water partition coefficient (Wildman–Crippen LogP) is 1.45. The zero-order valence-corrected chi connectivity index (χ0v) is 12.5. The van der Waals surface area contributed by atoms with Crippen LogP contribution in [-0.2, 0) is 9.84 Å². The molecule has 0 aliphatic rings. The smallest absolute Gasteiger partial charge is 0.251 e. The summed E-state index contributed by atoms with van der Waals surface area (Å²) in [5, 5.41) is 5.76. The molecule has 6 heteroatoms. The van der Waals surface area contributed by atoms with Gasteiger partial charge in [0.2, 0.25) is 0 Å². The van der Waals surface area contributed by atoms with E-state index < -0.39 is 9.84 Å². The lowest BCUT2D eigenvalue weighted by atomic mass is 10.2. The first-order valence-electron chi connectivity index (χ1n) is 6.25. The molecule has 0 fully saturated rings. The van der Waals surface area contributed by atoms with Gasteiger partial charge in [0.15, 0.2) is 0 Å². The average Bonchev–Trinajstić information content (AvgIpc) is 2.34. The Labute approximate surface area is 120 Å². The van der Waals surface area contributed by atoms with Crippen LogP contribution >= 0.6 is 0 Å². The van der Waals surface area contributed by atoms with Crippen LogP contribution in [0.4, 0.5) is 5.69 Å². The summed E-state index contributed by atoms with van der Waals surface area (Å²) in [5.74, 6) is -0.102. The molecule has 2 N–H and O–H groups in total. The summed E-state index contributed by atoms with van der Waals surface area (Å²) in [4.78, 5) is 11.7. The van der Waals surface area contributed by atoms with E-state index in [-0.39, 0.29) is 17.7 Å². The highest BCUT2D eigenvalue weighted by Crippen LogP contribution is 2.11. The number of rotatable bonds is 7. The molecular weight excluding hydrogens is 276 g/mol. The van der Waals surface area contributed by atoms with Crippen LogP contribution in [-0.4, -0.2) is 38.9 Å². The molecule has 0 aromatic heterocycles. The summed E-state index contributed by atoms with van der Waals surface area (Å²) < 4.78 is 22.3. The molecule has 1 atom stereocenters. The Hall–Kier alpha value is -1.82. The molecule has 1 unspecified atom stereocenters. The van der Waals surface area contributed by atoms with Gasteiger partial charge in [0, 0.05) is 30.1 Å².